The van der Waals surface area contributed by atoms with Crippen LogP contribution in [0.4, 0.5) is 0 Å². The Labute approximate surface area is 177 Å². The van der Waals surface area contributed by atoms with Gasteiger partial charge in [-0.15, -0.1) is 0 Å². The highest BCUT2D eigenvalue weighted by atomic mass is 79.9. The normalized spacial score (nSPS) is 12.0. The lowest BCUT2D eigenvalue weighted by Gasteiger charge is -2.17. The molecule has 0 saturated carbocycles. The molecular weight excluding hydrogens is 410 g/mol. The third-order valence-electron chi connectivity index (χ3n) is 4.85. The monoisotopic (exact) mass is 437 g/mol. The summed E-state index contributed by atoms with van der Waals surface area (Å²) < 4.78 is 7.21. The fourth-order valence-corrected chi connectivity index (χ4v) is 3.61. The number of rotatable bonds is 9. The van der Waals surface area contributed by atoms with E-state index in [0.29, 0.717) is 12.6 Å². The average molecular weight is 438 g/mol. The van der Waals surface area contributed by atoms with Gasteiger partial charge >= 0.3 is 0 Å². The summed E-state index contributed by atoms with van der Waals surface area (Å²) >= 11 is 3.59. The van der Waals surface area contributed by atoms with Gasteiger partial charge in [-0.25, -0.2) is 0 Å². The molecule has 3 aromatic carbocycles. The van der Waals surface area contributed by atoms with E-state index in [1.165, 1.54) is 22.3 Å². The van der Waals surface area contributed by atoms with Gasteiger partial charge in [-0.05, 0) is 56.0 Å². The number of halogens is 1. The third-order valence-corrected chi connectivity index (χ3v) is 5.34. The van der Waals surface area contributed by atoms with Gasteiger partial charge in [0.2, 0.25) is 0 Å². The fraction of sp³-hybridized carbons (Fsp3) is 0.280. The molecule has 3 aromatic rings. The van der Waals surface area contributed by atoms with Crippen LogP contribution in [-0.2, 0) is 19.6 Å². The minimum atomic E-state index is 0.434. The van der Waals surface area contributed by atoms with Crippen LogP contribution in [0.25, 0.3) is 0 Å². The van der Waals surface area contributed by atoms with Crippen LogP contribution in [-0.4, -0.2) is 6.04 Å². The van der Waals surface area contributed by atoms with Crippen LogP contribution in [0.1, 0.15) is 35.6 Å². The van der Waals surface area contributed by atoms with Gasteiger partial charge in [-0.1, -0.05) is 76.1 Å². The van der Waals surface area contributed by atoms with E-state index in [1.807, 2.05) is 12.1 Å². The predicted molar refractivity (Wildman–Crippen MR) is 121 cm³/mol. The second-order valence-electron chi connectivity index (χ2n) is 7.34. The molecule has 0 aliphatic heterocycles. The number of benzene rings is 3. The second-order valence-corrected chi connectivity index (χ2v) is 8.25. The van der Waals surface area contributed by atoms with Crippen LogP contribution in [0, 0.1) is 6.92 Å². The van der Waals surface area contributed by atoms with Crippen molar-refractivity contribution in [3.63, 3.8) is 0 Å². The predicted octanol–water partition coefficient (Wildman–Crippen LogP) is 6.45. The Bertz CT molecular complexity index is 879. The van der Waals surface area contributed by atoms with Gasteiger partial charge < -0.3 is 10.1 Å². The summed E-state index contributed by atoms with van der Waals surface area (Å²) in [7, 11) is 0. The number of nitrogens with one attached hydrogen (secondary N) is 1. The van der Waals surface area contributed by atoms with Gasteiger partial charge in [0.15, 0.2) is 0 Å². The summed E-state index contributed by atoms with van der Waals surface area (Å²) in [5.74, 6) is 0.937. The first-order valence-electron chi connectivity index (χ1n) is 9.84. The Morgan fingerprint density at radius 2 is 1.71 bits per heavy atom. The number of hydrogen-bond acceptors (Lipinski definition) is 2. The highest BCUT2D eigenvalue weighted by Crippen LogP contribution is 2.24. The zero-order chi connectivity index (χ0) is 19.8. The highest BCUT2D eigenvalue weighted by Gasteiger charge is 2.08. The first-order valence-corrected chi connectivity index (χ1v) is 10.6. The molecule has 3 heteroatoms. The highest BCUT2D eigenvalue weighted by molar-refractivity contribution is 9.10. The van der Waals surface area contributed by atoms with Gasteiger partial charge in [0, 0.05) is 22.6 Å². The van der Waals surface area contributed by atoms with Gasteiger partial charge in [0.25, 0.3) is 0 Å². The molecule has 0 heterocycles. The first-order chi connectivity index (χ1) is 13.6. The molecule has 1 N–H and O–H groups in total. The topological polar surface area (TPSA) is 21.3 Å². The van der Waals surface area contributed by atoms with Crippen molar-refractivity contribution in [3.8, 4) is 5.75 Å². The van der Waals surface area contributed by atoms with Crippen LogP contribution in [0.15, 0.2) is 77.3 Å². The van der Waals surface area contributed by atoms with Crippen LogP contribution in [0.5, 0.6) is 5.75 Å². The molecule has 1 atom stereocenters. The molecule has 0 unspecified atom stereocenters. The quantitative estimate of drug-likeness (QED) is 0.415. The van der Waals surface area contributed by atoms with Crippen molar-refractivity contribution >= 4 is 15.9 Å². The van der Waals surface area contributed by atoms with Crippen LogP contribution < -0.4 is 10.1 Å². The number of ether oxygens (including phenoxy) is 1. The average Bonchev–Trinajstić information content (AvgIpc) is 2.71. The van der Waals surface area contributed by atoms with Crippen molar-refractivity contribution in [1.82, 2.24) is 5.32 Å². The smallest absolute Gasteiger partial charge is 0.124 e. The van der Waals surface area contributed by atoms with E-state index in [2.05, 4.69) is 95.8 Å². The Balaban J connectivity index is 1.56. The van der Waals surface area contributed by atoms with Crippen molar-refractivity contribution in [2.24, 2.45) is 0 Å². The molecule has 0 aliphatic rings. The summed E-state index contributed by atoms with van der Waals surface area (Å²) in [6.07, 6.45) is 2.20. The van der Waals surface area contributed by atoms with E-state index in [-0.39, 0.29) is 0 Å². The molecule has 0 saturated heterocycles. The van der Waals surface area contributed by atoms with Crippen LogP contribution in [0.2, 0.25) is 0 Å². The van der Waals surface area contributed by atoms with Crippen molar-refractivity contribution in [2.75, 3.05) is 0 Å². The molecule has 0 aromatic heterocycles. The molecule has 3 rings (SSSR count). The van der Waals surface area contributed by atoms with E-state index >= 15 is 0 Å². The summed E-state index contributed by atoms with van der Waals surface area (Å²) in [5.41, 5.74) is 5.01. The zero-order valence-electron chi connectivity index (χ0n) is 16.6. The van der Waals surface area contributed by atoms with E-state index in [4.69, 9.17) is 4.74 Å². The minimum Gasteiger partial charge on any atom is -0.489 e. The standard InChI is InChI=1S/C25H28BrNO/c1-19-7-6-10-22(15-19)18-28-25-14-13-24(26)16-23(25)17-27-20(2)11-12-21-8-4-3-5-9-21/h3-10,13-16,20,27H,11-12,17-18H2,1-2H3/t20-/m1/s1. The maximum Gasteiger partial charge on any atom is 0.124 e. The lowest BCUT2D eigenvalue weighted by atomic mass is 10.1. The van der Waals surface area contributed by atoms with E-state index in [1.54, 1.807) is 0 Å². The van der Waals surface area contributed by atoms with Gasteiger partial charge in [-0.2, -0.15) is 0 Å². The SMILES string of the molecule is Cc1cccc(COc2ccc(Br)cc2CN[C@H](C)CCc2ccccc2)c1. The van der Waals surface area contributed by atoms with Crippen molar-refractivity contribution in [1.29, 1.82) is 0 Å². The minimum absolute atomic E-state index is 0.434. The van der Waals surface area contributed by atoms with Gasteiger partial charge in [0.1, 0.15) is 12.4 Å². The Morgan fingerprint density at radius 1 is 0.929 bits per heavy atom. The second kappa shape index (κ2) is 10.4. The largest absolute Gasteiger partial charge is 0.489 e. The lowest BCUT2D eigenvalue weighted by Crippen LogP contribution is -2.26. The van der Waals surface area contributed by atoms with Crippen molar-refractivity contribution < 1.29 is 4.74 Å². The molecule has 0 fully saturated rings. The van der Waals surface area contributed by atoms with E-state index in [9.17, 15) is 0 Å². The van der Waals surface area contributed by atoms with Crippen LogP contribution >= 0.6 is 15.9 Å². The molecule has 28 heavy (non-hydrogen) atoms. The van der Waals surface area contributed by atoms with Crippen molar-refractivity contribution in [2.45, 2.75) is 45.9 Å². The fourth-order valence-electron chi connectivity index (χ4n) is 3.20. The van der Waals surface area contributed by atoms with Crippen LogP contribution in [0.3, 0.4) is 0 Å². The zero-order valence-corrected chi connectivity index (χ0v) is 18.2. The Morgan fingerprint density at radius 3 is 2.50 bits per heavy atom. The van der Waals surface area contributed by atoms with E-state index < -0.39 is 0 Å². The van der Waals surface area contributed by atoms with Crippen molar-refractivity contribution in [3.05, 3.63) is 99.5 Å². The Hall–Kier alpha value is -2.10. The molecule has 0 radical (unpaired) electrons. The first kappa shape index (κ1) is 20.6. The van der Waals surface area contributed by atoms with Gasteiger partial charge in [0.05, 0.1) is 0 Å². The summed E-state index contributed by atoms with van der Waals surface area (Å²) in [5, 5.41) is 3.64. The number of aryl methyl sites for hydroxylation is 2. The summed E-state index contributed by atoms with van der Waals surface area (Å²) in [6.45, 7) is 5.72. The third kappa shape index (κ3) is 6.50. The Kier molecular flexibility index (Phi) is 7.70. The summed E-state index contributed by atoms with van der Waals surface area (Å²) in [6, 6.07) is 25.8. The molecule has 0 spiro atoms. The lowest BCUT2D eigenvalue weighted by molar-refractivity contribution is 0.301. The maximum atomic E-state index is 6.13. The summed E-state index contributed by atoms with van der Waals surface area (Å²) in [4.78, 5) is 0. The van der Waals surface area contributed by atoms with E-state index in [0.717, 1.165) is 29.6 Å². The molecule has 146 valence electrons. The molecular formula is C25H28BrNO. The molecule has 0 amide bonds. The van der Waals surface area contributed by atoms with Gasteiger partial charge in [-0.3, -0.25) is 0 Å². The maximum absolute atomic E-state index is 6.13. The number of hydrogen-bond donors (Lipinski definition) is 1. The molecule has 2 nitrogen and oxygen atoms in total. The molecule has 0 bridgehead atoms. The molecule has 0 aliphatic carbocycles.